The van der Waals surface area contributed by atoms with E-state index in [0.717, 1.165) is 12.8 Å². The molecular formula is C36H51O10P2Zn3. The van der Waals surface area contributed by atoms with Gasteiger partial charge in [-0.25, -0.2) is 0 Å². The van der Waals surface area contributed by atoms with Gasteiger partial charge in [0.25, 0.3) is 0 Å². The van der Waals surface area contributed by atoms with Crippen LogP contribution in [0.15, 0.2) is 91.0 Å². The quantitative estimate of drug-likeness (QED) is 0.106. The van der Waals surface area contributed by atoms with Crippen LogP contribution < -0.4 is 41.8 Å². The molecule has 0 unspecified atom stereocenters. The van der Waals surface area contributed by atoms with E-state index in [1.54, 1.807) is 12.5 Å². The van der Waals surface area contributed by atoms with Gasteiger partial charge in [-0.3, -0.25) is 4.79 Å². The Morgan fingerprint density at radius 3 is 0.922 bits per heavy atom. The van der Waals surface area contributed by atoms with Crippen LogP contribution in [0.3, 0.4) is 0 Å². The molecule has 0 spiro atoms. The molecule has 51 heavy (non-hydrogen) atoms. The molecule has 0 fully saturated rings. The molecule has 3 aromatic rings. The molecule has 0 amide bonds. The van der Waals surface area contributed by atoms with Gasteiger partial charge in [0.15, 0.2) is 0 Å². The van der Waals surface area contributed by atoms with Crippen molar-refractivity contribution in [3.8, 4) is 0 Å². The second-order valence-corrected chi connectivity index (χ2v) is 21.1. The van der Waals surface area contributed by atoms with Crippen molar-refractivity contribution in [3.05, 3.63) is 91.0 Å². The average Bonchev–Trinajstić information content (AvgIpc) is 3.03. The first kappa shape index (κ1) is 54.6. The number of carboxylic acids is 1. The number of unbranched alkanes of at least 4 members (excludes halogenated alkanes) is 14. The summed E-state index contributed by atoms with van der Waals surface area (Å²) in [5, 5.41) is 8.52. The molecule has 0 aliphatic heterocycles. The maximum absolute atomic E-state index is 10.3. The molecule has 0 aromatic heterocycles. The molecule has 15 heteroatoms. The third-order valence-corrected chi connectivity index (χ3v) is 15.9. The number of hydrogen-bond acceptors (Lipinski definition) is 9. The van der Waals surface area contributed by atoms with Crippen LogP contribution in [0, 0.1) is 0 Å². The van der Waals surface area contributed by atoms with Crippen molar-refractivity contribution < 1.29 is 103 Å². The number of hydrogen-bond donors (Lipinski definition) is 1. The molecule has 0 aliphatic carbocycles. The average molecular weight is 902 g/mol. The van der Waals surface area contributed by atoms with E-state index in [1.807, 2.05) is 0 Å². The van der Waals surface area contributed by atoms with Crippen LogP contribution in [0.4, 0.5) is 0 Å². The molecule has 0 radical (unpaired) electrons. The van der Waals surface area contributed by atoms with Crippen LogP contribution in [0.5, 0.6) is 0 Å². The molecule has 0 heterocycles. The molecule has 0 saturated heterocycles. The first-order valence-corrected chi connectivity index (χ1v) is 24.6. The second-order valence-electron chi connectivity index (χ2n) is 12.0. The minimum atomic E-state index is -5.39. The van der Waals surface area contributed by atoms with Crippen LogP contribution in [0.2, 0.25) is 0 Å². The van der Waals surface area contributed by atoms with Gasteiger partial charge in [0, 0.05) is 6.42 Å². The van der Waals surface area contributed by atoms with Crippen molar-refractivity contribution in [2.45, 2.75) is 110 Å². The summed E-state index contributed by atoms with van der Waals surface area (Å²) in [6.45, 7) is 2.27. The van der Waals surface area contributed by atoms with Gasteiger partial charge in [-0.2, -0.15) is 15.6 Å². The van der Waals surface area contributed by atoms with E-state index < -0.39 is 37.6 Å². The van der Waals surface area contributed by atoms with Gasteiger partial charge in [0.1, 0.15) is 0 Å². The van der Waals surface area contributed by atoms with Crippen LogP contribution >= 0.6 is 15.6 Å². The number of carbonyl (C=O) groups is 1. The predicted octanol–water partition coefficient (Wildman–Crippen LogP) is 3.26. The molecule has 3 aromatic carbocycles. The Kier molecular flexibility index (Phi) is 37.4. The van der Waals surface area contributed by atoms with Gasteiger partial charge in [0.05, 0.1) is 0 Å². The number of carboxylic acid groups (broad SMARTS) is 1. The van der Waals surface area contributed by atoms with E-state index in [0.29, 0.717) is 6.42 Å². The summed E-state index contributed by atoms with van der Waals surface area (Å²) in [6, 6.07) is 33.0. The monoisotopic (exact) mass is 897 g/mol. The van der Waals surface area contributed by atoms with Gasteiger partial charge in [-0.15, -0.1) is 0 Å². The summed E-state index contributed by atoms with van der Waals surface area (Å²) in [5.41, 5.74) is 0. The minimum absolute atomic E-state index is 0. The molecule has 0 saturated carbocycles. The van der Waals surface area contributed by atoms with Crippen LogP contribution in [-0.4, -0.2) is 11.1 Å². The van der Waals surface area contributed by atoms with Gasteiger partial charge in [-0.05, 0) is 6.42 Å². The van der Waals surface area contributed by atoms with Gasteiger partial charge >= 0.3 is 164 Å². The molecular weight excluding hydrogens is 851 g/mol. The summed E-state index contributed by atoms with van der Waals surface area (Å²) in [7, 11) is -10.8. The Morgan fingerprint density at radius 1 is 0.490 bits per heavy atom. The zero-order chi connectivity index (χ0) is 36.8. The van der Waals surface area contributed by atoms with E-state index >= 15 is 0 Å². The van der Waals surface area contributed by atoms with Crippen LogP contribution in [-0.2, 0) is 68.8 Å². The zero-order valence-corrected chi connectivity index (χ0v) is 40.8. The number of aliphatic carboxylic acids is 1. The third kappa shape index (κ3) is 40.2. The number of rotatable bonds is 19. The summed E-state index contributed by atoms with van der Waals surface area (Å²) in [4.78, 5) is 61.6. The topological polar surface area (TPSA) is 210 Å². The Hall–Kier alpha value is -0.780. The molecule has 3 rings (SSSR count). The maximum atomic E-state index is 10.3. The van der Waals surface area contributed by atoms with Gasteiger partial charge in [0.2, 0.25) is 0 Å². The second kappa shape index (κ2) is 35.0. The fraction of sp³-hybridized carbons (Fsp3) is 0.472. The Bertz CT molecular complexity index is 1170. The molecule has 271 valence electrons. The van der Waals surface area contributed by atoms with E-state index in [9.17, 15) is 4.79 Å². The first-order chi connectivity index (χ1) is 23.2. The standard InChI is InChI=1S/C18H36O2.3C6H5.2H3O4P.3Zn/c1-2-3-4-5-6-7-8-9-10-11-12-13-14-15-16-17-18(19)20;3*1-2-4-6-5-3-1;2*1-5(2,3)4;;;/h2-17H2,1H3,(H,19,20);3*1-5H;2*(H3,1,2,3,4);;;/q;;;;;;3*+2/p-6. The first-order valence-electron chi connectivity index (χ1n) is 17.2. The summed E-state index contributed by atoms with van der Waals surface area (Å²) in [5.74, 6) is -0.653. The number of benzene rings is 3. The van der Waals surface area contributed by atoms with Crippen molar-refractivity contribution in [2.75, 3.05) is 0 Å². The fourth-order valence-corrected chi connectivity index (χ4v) is 13.1. The van der Waals surface area contributed by atoms with Gasteiger partial charge < -0.3 is 43.6 Å². The Balaban J connectivity index is -0.000000693. The summed E-state index contributed by atoms with van der Waals surface area (Å²) >= 11 is -2.12. The summed E-state index contributed by atoms with van der Waals surface area (Å²) < 4.78 is 21.7. The normalized spacial score (nSPS) is 10.2. The van der Waals surface area contributed by atoms with Crippen molar-refractivity contribution in [1.29, 1.82) is 0 Å². The van der Waals surface area contributed by atoms with Crippen molar-refractivity contribution in [3.63, 3.8) is 0 Å². The van der Waals surface area contributed by atoms with Crippen molar-refractivity contribution in [1.82, 2.24) is 0 Å². The zero-order valence-electron chi connectivity index (χ0n) is 30.1. The van der Waals surface area contributed by atoms with Crippen LogP contribution in [0.1, 0.15) is 110 Å². The van der Waals surface area contributed by atoms with E-state index in [1.165, 1.54) is 83.5 Å². The fourth-order valence-electron chi connectivity index (χ4n) is 5.50. The van der Waals surface area contributed by atoms with Crippen molar-refractivity contribution >= 4 is 34.1 Å². The number of phosphoric acid groups is 2. The van der Waals surface area contributed by atoms with Crippen molar-refractivity contribution in [2.24, 2.45) is 0 Å². The van der Waals surface area contributed by atoms with Crippen LogP contribution in [0.25, 0.3) is 0 Å². The molecule has 1 N–H and O–H groups in total. The third-order valence-electron chi connectivity index (χ3n) is 7.75. The molecule has 0 aliphatic rings. The predicted molar refractivity (Wildman–Crippen MR) is 181 cm³/mol. The van der Waals surface area contributed by atoms with E-state index in [-0.39, 0.29) is 39.0 Å². The molecule has 0 bridgehead atoms. The summed E-state index contributed by atoms with van der Waals surface area (Å²) in [6.07, 6.45) is 20.2. The Morgan fingerprint density at radius 2 is 0.706 bits per heavy atom. The SMILES string of the molecule is CCCCCCCCCCCCCCCCCC(=O)O.O=P([O-])([O-])[O-].O=P([O-])([O-])[O-].[Zn+2].[Zn+2].c1cc[c]([Zn+2]([c]2ccccc2)[c]2ccccc2)cc1. The molecule has 0 atom stereocenters. The van der Waals surface area contributed by atoms with E-state index in [2.05, 4.69) is 97.9 Å². The van der Waals surface area contributed by atoms with E-state index in [4.69, 9.17) is 43.6 Å². The molecule has 10 nitrogen and oxygen atoms in total. The Labute approximate surface area is 335 Å². The van der Waals surface area contributed by atoms with Gasteiger partial charge in [-0.1, -0.05) is 96.8 Å².